The van der Waals surface area contributed by atoms with Crippen molar-refractivity contribution < 1.29 is 29.7 Å². The fraction of sp³-hybridized carbons (Fsp3) is 0.390. The van der Waals surface area contributed by atoms with Gasteiger partial charge in [-0.15, -0.1) is 0 Å². The lowest BCUT2D eigenvalue weighted by Crippen LogP contribution is -2.43. The van der Waals surface area contributed by atoms with E-state index in [0.29, 0.717) is 35.6 Å². The lowest BCUT2D eigenvalue weighted by molar-refractivity contribution is -0.140. The number of aliphatic hydroxyl groups excluding tert-OH is 2. The Bertz CT molecular complexity index is 2040. The van der Waals surface area contributed by atoms with Crippen LogP contribution in [0.4, 0.5) is 11.4 Å². The molecule has 0 bridgehead atoms. The number of aromatic nitrogens is 2. The summed E-state index contributed by atoms with van der Waals surface area (Å²) < 4.78 is 0. The van der Waals surface area contributed by atoms with Crippen LogP contribution < -0.4 is 21.3 Å². The predicted octanol–water partition coefficient (Wildman–Crippen LogP) is 5.17. The highest BCUT2D eigenvalue weighted by Gasteiger charge is 2.31. The number of hydrogen-bond acceptors (Lipinski definition) is 9. The fourth-order valence-electron chi connectivity index (χ4n) is 7.06. The number of nitrogens with one attached hydrogen (secondary N) is 4. The van der Waals surface area contributed by atoms with Crippen LogP contribution in [0.25, 0.3) is 11.1 Å². The van der Waals surface area contributed by atoms with Gasteiger partial charge in [-0.25, -0.2) is 0 Å². The number of hydrogen-bond donors (Lipinski definition) is 7. The Morgan fingerprint density at radius 3 is 1.70 bits per heavy atom. The van der Waals surface area contributed by atoms with Gasteiger partial charge in [0.05, 0.1) is 12.7 Å². The number of rotatable bonds is 15. The van der Waals surface area contributed by atoms with Crippen LogP contribution in [0.3, 0.4) is 0 Å². The summed E-state index contributed by atoms with van der Waals surface area (Å²) in [6, 6.07) is 14.4. The zero-order valence-electron chi connectivity index (χ0n) is 30.0. The maximum absolute atomic E-state index is 13.5. The molecule has 7 rings (SSSR count). The molecule has 3 aliphatic carbocycles. The number of pyridine rings is 2. The Balaban J connectivity index is 1.05. The maximum Gasteiger partial charge on any atom is 0.323 e. The Morgan fingerprint density at radius 2 is 1.26 bits per heavy atom. The molecule has 3 aliphatic rings. The van der Waals surface area contributed by atoms with Gasteiger partial charge in [0.2, 0.25) is 0 Å². The summed E-state index contributed by atoms with van der Waals surface area (Å²) in [5.74, 6) is -1.04. The second-order valence-electron chi connectivity index (χ2n) is 14.6. The Labute approximate surface area is 308 Å². The van der Waals surface area contributed by atoms with Crippen LogP contribution in [0.5, 0.6) is 0 Å². The number of carbonyl (C=O) groups is 3. The number of anilines is 2. The van der Waals surface area contributed by atoms with Crippen LogP contribution in [0, 0.1) is 13.8 Å². The van der Waals surface area contributed by atoms with E-state index in [1.807, 2.05) is 56.3 Å². The van der Waals surface area contributed by atoms with Gasteiger partial charge < -0.3 is 31.3 Å². The Morgan fingerprint density at radius 1 is 0.774 bits per heavy atom. The number of carboxylic acids is 1. The summed E-state index contributed by atoms with van der Waals surface area (Å²) in [5.41, 5.74) is 9.53. The molecular weight excluding hydrogens is 672 g/mol. The van der Waals surface area contributed by atoms with Crippen molar-refractivity contribution in [3.05, 3.63) is 106 Å². The summed E-state index contributed by atoms with van der Waals surface area (Å²) in [7, 11) is 0. The standard InChI is InChI=1S/C41H46N6O6/c1-22-30(5-3-7-34(22)46-39(50)36-15-32(24-9-10-24)26(18-43-36)17-42-28-13-29(49)14-28)31-6-4-8-35(23(31)2)47-40(51)37-16-33(25-11-12-25)27(19-44-37)20-45-38(21-48)41(52)53/h3-8,15-16,18-19,24-25,28-29,38,42,45,48-49H,9-14,17,20-21H2,1-2H3,(H,46,50)(H,47,51)(H,52,53)/t28?,29?,38-/m1/s1. The molecule has 276 valence electrons. The Hall–Kier alpha value is -5.01. The molecule has 2 heterocycles. The maximum atomic E-state index is 13.5. The number of nitrogens with zero attached hydrogens (tertiary/aromatic N) is 2. The summed E-state index contributed by atoms with van der Waals surface area (Å²) in [4.78, 5) is 47.4. The van der Waals surface area contributed by atoms with Crippen molar-refractivity contribution in [3.8, 4) is 11.1 Å². The average Bonchev–Trinajstić information content (AvgIpc) is 4.06. The average molecular weight is 719 g/mol. The molecule has 53 heavy (non-hydrogen) atoms. The van der Waals surface area contributed by atoms with E-state index < -0.39 is 18.6 Å². The van der Waals surface area contributed by atoms with Crippen molar-refractivity contribution >= 4 is 29.2 Å². The molecule has 3 fully saturated rings. The second-order valence-corrected chi connectivity index (χ2v) is 14.6. The van der Waals surface area contributed by atoms with E-state index in [1.54, 1.807) is 18.5 Å². The monoisotopic (exact) mass is 718 g/mol. The first-order valence-electron chi connectivity index (χ1n) is 18.4. The fourth-order valence-corrected chi connectivity index (χ4v) is 7.06. The first-order valence-corrected chi connectivity index (χ1v) is 18.4. The molecule has 2 aromatic carbocycles. The first-order chi connectivity index (χ1) is 25.6. The number of benzene rings is 2. The van der Waals surface area contributed by atoms with E-state index in [-0.39, 0.29) is 36.1 Å². The van der Waals surface area contributed by atoms with Gasteiger partial charge in [-0.05, 0) is 133 Å². The molecule has 0 aliphatic heterocycles. The topological polar surface area (TPSA) is 186 Å². The van der Waals surface area contributed by atoms with Gasteiger partial charge in [-0.2, -0.15) is 0 Å². The largest absolute Gasteiger partial charge is 0.480 e. The van der Waals surface area contributed by atoms with Crippen LogP contribution in [-0.4, -0.2) is 67.9 Å². The van der Waals surface area contributed by atoms with Gasteiger partial charge in [0.25, 0.3) is 11.8 Å². The smallest absolute Gasteiger partial charge is 0.323 e. The van der Waals surface area contributed by atoms with Gasteiger partial charge in [0.1, 0.15) is 17.4 Å². The first kappa shape index (κ1) is 36.4. The minimum absolute atomic E-state index is 0.213. The number of carboxylic acid groups (broad SMARTS) is 1. The lowest BCUT2D eigenvalue weighted by Gasteiger charge is -2.32. The van der Waals surface area contributed by atoms with E-state index >= 15 is 0 Å². The highest BCUT2D eigenvalue weighted by atomic mass is 16.4. The molecule has 0 radical (unpaired) electrons. The molecule has 12 heteroatoms. The predicted molar refractivity (Wildman–Crippen MR) is 201 cm³/mol. The third kappa shape index (κ3) is 8.31. The van der Waals surface area contributed by atoms with Crippen LogP contribution >= 0.6 is 0 Å². The summed E-state index contributed by atoms with van der Waals surface area (Å²) >= 11 is 0. The molecule has 4 aromatic rings. The number of aliphatic hydroxyl groups is 2. The summed E-state index contributed by atoms with van der Waals surface area (Å²) in [6.45, 7) is 4.26. The molecule has 0 unspecified atom stereocenters. The van der Waals surface area contributed by atoms with Crippen LogP contribution in [-0.2, 0) is 17.9 Å². The van der Waals surface area contributed by atoms with E-state index in [2.05, 4.69) is 31.2 Å². The molecule has 0 spiro atoms. The zero-order valence-corrected chi connectivity index (χ0v) is 30.0. The third-order valence-corrected chi connectivity index (χ3v) is 10.7. The highest BCUT2D eigenvalue weighted by molar-refractivity contribution is 6.05. The van der Waals surface area contributed by atoms with Crippen molar-refractivity contribution in [2.45, 2.75) is 95.5 Å². The Kier molecular flexibility index (Phi) is 10.7. The van der Waals surface area contributed by atoms with E-state index in [9.17, 15) is 29.7 Å². The van der Waals surface area contributed by atoms with Crippen molar-refractivity contribution in [2.24, 2.45) is 0 Å². The van der Waals surface area contributed by atoms with Crippen LogP contribution in [0.15, 0.2) is 60.9 Å². The molecule has 2 amide bonds. The van der Waals surface area contributed by atoms with Gasteiger partial charge in [0, 0.05) is 42.9 Å². The molecule has 7 N–H and O–H groups in total. The van der Waals surface area contributed by atoms with Crippen molar-refractivity contribution in [1.29, 1.82) is 0 Å². The zero-order chi connectivity index (χ0) is 37.2. The number of aliphatic carboxylic acids is 1. The number of carbonyl (C=O) groups excluding carboxylic acids is 2. The lowest BCUT2D eigenvalue weighted by atomic mass is 9.89. The van der Waals surface area contributed by atoms with Crippen molar-refractivity contribution in [1.82, 2.24) is 20.6 Å². The second kappa shape index (κ2) is 15.5. The van der Waals surface area contributed by atoms with Crippen molar-refractivity contribution in [2.75, 3.05) is 17.2 Å². The molecule has 1 atom stereocenters. The van der Waals surface area contributed by atoms with Gasteiger partial charge >= 0.3 is 5.97 Å². The van der Waals surface area contributed by atoms with E-state index in [4.69, 9.17) is 0 Å². The molecule has 2 aromatic heterocycles. The van der Waals surface area contributed by atoms with Crippen molar-refractivity contribution in [3.63, 3.8) is 0 Å². The van der Waals surface area contributed by atoms with Crippen LogP contribution in [0.1, 0.15) is 105 Å². The molecule has 0 saturated heterocycles. The number of amides is 2. The minimum Gasteiger partial charge on any atom is -0.480 e. The van der Waals surface area contributed by atoms with Crippen LogP contribution in [0.2, 0.25) is 0 Å². The van der Waals surface area contributed by atoms with Gasteiger partial charge in [-0.3, -0.25) is 29.7 Å². The molecular formula is C41H46N6O6. The summed E-state index contributed by atoms with van der Waals surface area (Å²) in [5, 5.41) is 40.7. The van der Waals surface area contributed by atoms with E-state index in [1.165, 1.54) is 0 Å². The highest BCUT2D eigenvalue weighted by Crippen LogP contribution is 2.43. The quantitative estimate of drug-likeness (QED) is 0.0865. The van der Waals surface area contributed by atoms with E-state index in [0.717, 1.165) is 83.0 Å². The third-order valence-electron chi connectivity index (χ3n) is 10.7. The SMILES string of the molecule is Cc1c(NC(=O)c2cc(C3CC3)c(CNC3CC(O)C3)cn2)cccc1-c1cccc(NC(=O)c2cc(C3CC3)c(CN[C@H](CO)C(=O)O)cn2)c1C. The minimum atomic E-state index is -1.13. The normalized spacial score (nSPS) is 18.6. The van der Waals surface area contributed by atoms with Gasteiger partial charge in [-0.1, -0.05) is 24.3 Å². The molecule has 3 saturated carbocycles. The summed E-state index contributed by atoms with van der Waals surface area (Å²) in [6.07, 6.45) is 8.90. The molecule has 12 nitrogen and oxygen atoms in total. The van der Waals surface area contributed by atoms with Gasteiger partial charge in [0.15, 0.2) is 0 Å².